The first kappa shape index (κ1) is 114. The van der Waals surface area contributed by atoms with E-state index in [1.165, 1.54) is 116 Å². The van der Waals surface area contributed by atoms with Crippen molar-refractivity contribution in [1.82, 2.24) is 60.3 Å². The highest BCUT2D eigenvalue weighted by molar-refractivity contribution is 5.50. The summed E-state index contributed by atoms with van der Waals surface area (Å²) in [4.78, 5) is 90.9. The van der Waals surface area contributed by atoms with Gasteiger partial charge in [0.2, 0.25) is 35.7 Å². The molecule has 2 aromatic rings. The van der Waals surface area contributed by atoms with E-state index in [-0.39, 0.29) is 139 Å². The molecule has 2 unspecified atom stereocenters. The first-order chi connectivity index (χ1) is 67.0. The molecule has 6 aliphatic carbocycles. The van der Waals surface area contributed by atoms with E-state index in [1.54, 1.807) is 0 Å². The molecule has 2 atom stereocenters. The second-order valence-corrected chi connectivity index (χ2v) is 55.8. The molecule has 0 amide bonds. The molecule has 0 aromatic carbocycles. The van der Waals surface area contributed by atoms with Gasteiger partial charge in [0.05, 0.1) is 36.6 Å². The van der Waals surface area contributed by atoms with Crippen molar-refractivity contribution < 1.29 is 29.0 Å². The Morgan fingerprint density at radius 1 is 0.232 bits per heavy atom. The number of nitrogens with zero attached hydrogens (tertiary/aromatic N) is 16. The van der Waals surface area contributed by atoms with Crippen LogP contribution in [0.1, 0.15) is 541 Å². The summed E-state index contributed by atoms with van der Waals surface area (Å²) < 4.78 is 0. The second-order valence-electron chi connectivity index (χ2n) is 55.8. The molecular formula is C118H216N18O6. The van der Waals surface area contributed by atoms with Crippen LogP contribution in [0, 0.1) is 11.8 Å². The molecule has 2 N–H and O–H groups in total. The van der Waals surface area contributed by atoms with E-state index >= 15 is 0 Å². The summed E-state index contributed by atoms with van der Waals surface area (Å²) in [6, 6.07) is 0.733. The Bertz CT molecular complexity index is 3790. The van der Waals surface area contributed by atoms with Gasteiger partial charge in [-0.3, -0.25) is 29.0 Å². The molecule has 12 aliphatic rings. The van der Waals surface area contributed by atoms with Crippen LogP contribution < -0.4 is 30.2 Å². The molecule has 0 spiro atoms. The summed E-state index contributed by atoms with van der Waals surface area (Å²) in [5.74, 6) is 5.35. The minimum Gasteiger partial charge on any atom is -0.351 e. The van der Waals surface area contributed by atoms with Crippen LogP contribution in [0.15, 0.2) is 0 Å². The maximum Gasteiger partial charge on any atom is 0.232 e. The van der Waals surface area contributed by atoms with Crippen LogP contribution in [0.25, 0.3) is 0 Å². The number of piperidine rings is 6. The van der Waals surface area contributed by atoms with Gasteiger partial charge in [-0.1, -0.05) is 182 Å². The maximum atomic E-state index is 7.42. The third-order valence-corrected chi connectivity index (χ3v) is 36.4. The van der Waals surface area contributed by atoms with E-state index in [9.17, 15) is 0 Å². The molecule has 24 nitrogen and oxygen atoms in total. The lowest BCUT2D eigenvalue weighted by atomic mass is 9.71. The van der Waals surface area contributed by atoms with Crippen LogP contribution >= 0.6 is 0 Å². The first-order valence-corrected chi connectivity index (χ1v) is 60.0. The van der Waals surface area contributed by atoms with Gasteiger partial charge in [0.1, 0.15) is 0 Å². The summed E-state index contributed by atoms with van der Waals surface area (Å²) in [5, 5.41) is 23.4. The molecule has 814 valence electrons. The lowest BCUT2D eigenvalue weighted by Crippen LogP contribution is -2.65. The van der Waals surface area contributed by atoms with Gasteiger partial charge in [0.25, 0.3) is 0 Å². The predicted octanol–water partition coefficient (Wildman–Crippen LogP) is 28.5. The highest BCUT2D eigenvalue weighted by Crippen LogP contribution is 2.53. The normalized spacial score (nSPS) is 27.0. The SMILES string of the molecule is CCCCN(c1nc(NC(CCC)C2CC(C)(C)N(OC3CCCCC3)C(C)(C)C2)nc(N(CCCCCCN(c2nc(NC(CCC)C3CC(C)(C)N(OC4CCCCC4)C(C)(C)C3)nc(N(CCCC)C3CC(C)(C)N(OC4CCCCC4)C(C)(C)C3)n2)C2CC(C)(C)N(OC3CCCCC3)C(C)(C)C2)C2CC(C)(C)N(OC3CCCCC3)C(C)(C)C2)n1)C1CC(C)(C)N(OC2CCCCC2)C(C)(C)C1. The smallest absolute Gasteiger partial charge is 0.232 e. The highest BCUT2D eigenvalue weighted by Gasteiger charge is 2.58. The van der Waals surface area contributed by atoms with Crippen molar-refractivity contribution >= 4 is 35.7 Å². The van der Waals surface area contributed by atoms with Crippen LogP contribution in [0.2, 0.25) is 0 Å². The molecule has 0 radical (unpaired) electrons. The van der Waals surface area contributed by atoms with Crippen molar-refractivity contribution in [1.29, 1.82) is 0 Å². The molecule has 6 saturated heterocycles. The Kier molecular flexibility index (Phi) is 38.6. The highest BCUT2D eigenvalue weighted by atomic mass is 16.7. The van der Waals surface area contributed by atoms with Crippen LogP contribution in [-0.2, 0) is 29.0 Å². The predicted molar refractivity (Wildman–Crippen MR) is 587 cm³/mol. The Balaban J connectivity index is 0.844. The average molecular weight is 1980 g/mol. The number of unbranched alkanes of at least 4 members (excludes halogenated alkanes) is 5. The fraction of sp³-hybridized carbons (Fsp3) is 0.949. The molecule has 0 bridgehead atoms. The van der Waals surface area contributed by atoms with E-state index in [2.05, 4.69) is 254 Å². The summed E-state index contributed by atoms with van der Waals surface area (Å²) in [5.41, 5.74) is -3.04. The third-order valence-electron chi connectivity index (χ3n) is 36.4. The minimum atomic E-state index is -0.305. The van der Waals surface area contributed by atoms with Gasteiger partial charge in [-0.05, 0) is 371 Å². The van der Waals surface area contributed by atoms with Gasteiger partial charge in [-0.2, -0.15) is 60.3 Å². The molecule has 142 heavy (non-hydrogen) atoms. The summed E-state index contributed by atoms with van der Waals surface area (Å²) >= 11 is 0. The Hall–Kier alpha value is -3.66. The van der Waals surface area contributed by atoms with E-state index in [0.717, 1.165) is 281 Å². The monoisotopic (exact) mass is 1980 g/mol. The number of hydroxylamine groups is 12. The van der Waals surface area contributed by atoms with Gasteiger partial charge in [0, 0.05) is 129 Å². The van der Waals surface area contributed by atoms with E-state index in [0.29, 0.717) is 23.7 Å². The van der Waals surface area contributed by atoms with E-state index in [4.69, 9.17) is 58.9 Å². The number of aromatic nitrogens is 6. The largest absolute Gasteiger partial charge is 0.351 e. The lowest BCUT2D eigenvalue weighted by Gasteiger charge is -2.57. The van der Waals surface area contributed by atoms with Crippen molar-refractivity contribution in [2.75, 3.05) is 56.4 Å². The van der Waals surface area contributed by atoms with Crippen LogP contribution in [0.5, 0.6) is 0 Å². The van der Waals surface area contributed by atoms with Crippen molar-refractivity contribution in [3.63, 3.8) is 0 Å². The average Bonchev–Trinajstić information content (AvgIpc) is 0.784. The van der Waals surface area contributed by atoms with Gasteiger partial charge in [-0.15, -0.1) is 0 Å². The molecule has 2 aromatic heterocycles. The molecule has 12 fully saturated rings. The topological polar surface area (TPSA) is 189 Å². The van der Waals surface area contributed by atoms with Gasteiger partial charge >= 0.3 is 0 Å². The van der Waals surface area contributed by atoms with Crippen molar-refractivity contribution in [2.24, 2.45) is 11.8 Å². The molecular weight excluding hydrogens is 1770 g/mol. The zero-order valence-corrected chi connectivity index (χ0v) is 96.7. The summed E-state index contributed by atoms with van der Waals surface area (Å²) in [7, 11) is 0. The van der Waals surface area contributed by atoms with Crippen molar-refractivity contribution in [3.05, 3.63) is 0 Å². The molecule has 14 rings (SSSR count). The fourth-order valence-corrected chi connectivity index (χ4v) is 31.1. The lowest BCUT2D eigenvalue weighted by molar-refractivity contribution is -0.314. The molecule has 8 heterocycles. The zero-order chi connectivity index (χ0) is 102. The Labute approximate surface area is 868 Å². The molecule has 6 saturated carbocycles. The van der Waals surface area contributed by atoms with Crippen molar-refractivity contribution in [3.8, 4) is 0 Å². The standard InChI is InChI=1S/C118H216N18O6/c1-29-33-71-127(89-79-111(13,14)133(112(15,16)80-89)139-95-63-47-39-48-64-95)103-121-101(119-99(57-31-3)87-75-107(5,6)131(108(7,8)76-87)137-93-59-43-37-44-60-93)123-105(125-103)129(91-83-115(21,22)135(116(23,24)84-91)141-97-67-51-41-52-68-97)73-55-35-36-56-74-130(92-85-117(25,26)136(118(27,28)86-92)142-98-69-53-42-54-70-98)106-124-102(120-100(58-32-4)88-77-109(9,10)132(110(11,12)78-88)138-94-61-45-38-46-62-94)122-104(126-106)128(72-34-30-2)90-81-113(17,18)134(114(19,20)82-90)140-96-65-49-40-50-66-96/h87-100H,29-86H2,1-28H3,(H,119,121,123,125)(H,120,122,124,126). The first-order valence-electron chi connectivity index (χ1n) is 60.0. The number of nitrogens with one attached hydrogen (secondary N) is 2. The van der Waals surface area contributed by atoms with Crippen molar-refractivity contribution in [2.45, 2.75) is 680 Å². The Morgan fingerprint density at radius 2 is 0.408 bits per heavy atom. The van der Waals surface area contributed by atoms with Gasteiger partial charge < -0.3 is 30.2 Å². The zero-order valence-electron chi connectivity index (χ0n) is 96.7. The number of rotatable bonds is 43. The minimum absolute atomic E-state index is 0.0957. The van der Waals surface area contributed by atoms with Crippen LogP contribution in [0.4, 0.5) is 35.7 Å². The maximum absolute atomic E-state index is 7.42. The summed E-state index contributed by atoms with van der Waals surface area (Å²) in [6.45, 7) is 71.8. The number of hydrogen-bond acceptors (Lipinski definition) is 24. The van der Waals surface area contributed by atoms with E-state index < -0.39 is 0 Å². The quantitative estimate of drug-likeness (QED) is 0.0596. The van der Waals surface area contributed by atoms with Gasteiger partial charge in [0.15, 0.2) is 0 Å². The van der Waals surface area contributed by atoms with Crippen LogP contribution in [-0.4, -0.2) is 226 Å². The van der Waals surface area contributed by atoms with Crippen LogP contribution in [0.3, 0.4) is 0 Å². The fourth-order valence-electron chi connectivity index (χ4n) is 31.1. The third kappa shape index (κ3) is 28.6. The number of hydrogen-bond donors (Lipinski definition) is 2. The van der Waals surface area contributed by atoms with Gasteiger partial charge in [-0.25, -0.2) is 0 Å². The number of anilines is 6. The Morgan fingerprint density at radius 3 is 0.585 bits per heavy atom. The molecule has 24 heteroatoms. The second kappa shape index (κ2) is 48.1. The van der Waals surface area contributed by atoms with E-state index in [1.807, 2.05) is 0 Å². The molecule has 6 aliphatic heterocycles. The summed E-state index contributed by atoms with van der Waals surface area (Å²) in [6.07, 6.45) is 61.5.